The van der Waals surface area contributed by atoms with Crippen LogP contribution in [0.5, 0.6) is 0 Å². The molecule has 3 atom stereocenters. The van der Waals surface area contributed by atoms with Crippen LogP contribution in [0.4, 0.5) is 10.1 Å². The van der Waals surface area contributed by atoms with E-state index in [2.05, 4.69) is 16.1 Å². The highest BCUT2D eigenvalue weighted by molar-refractivity contribution is 7.65. The Morgan fingerprint density at radius 3 is 2.64 bits per heavy atom. The Bertz CT molecular complexity index is 2320. The molecule has 0 fully saturated rings. The summed E-state index contributed by atoms with van der Waals surface area (Å²) in [4.78, 5) is 45.2. The minimum Gasteiger partial charge on any atom is -0.458 e. The van der Waals surface area contributed by atoms with Crippen LogP contribution in [0.25, 0.3) is 22.3 Å². The summed E-state index contributed by atoms with van der Waals surface area (Å²) in [6, 6.07) is 8.70. The predicted molar refractivity (Wildman–Crippen MR) is 193 cm³/mol. The Balaban J connectivity index is 1.19. The zero-order chi connectivity index (χ0) is 37.7. The van der Waals surface area contributed by atoms with Gasteiger partial charge in [0.05, 0.1) is 61.5 Å². The first kappa shape index (κ1) is 36.5. The number of rotatable bonds is 12. The standard InChI is InChI=1S/C38H38FN4O9P/c1-5-38(47)27-17-31-34-25(19-43(31)36(45)26(27)20-51-37(38)46)33-29(12-11-24-21(3)28(39)18-30(40-34)32(24)33)41-35(44)22-7-9-23(10-8-22)42-53(48,6-2)52-16-15-50-14-13-49-4/h2,7-10,17-18,29,47H,5,11-16,19-20H2,1,3-4H3,(H,41,44)(H,42,48). The first-order valence-electron chi connectivity index (χ1n) is 17.2. The van der Waals surface area contributed by atoms with Crippen molar-refractivity contribution < 1.29 is 42.4 Å². The number of terminal acetylenes is 1. The van der Waals surface area contributed by atoms with Gasteiger partial charge in [0.25, 0.3) is 11.5 Å². The molecule has 0 radical (unpaired) electrons. The average molecular weight is 745 g/mol. The van der Waals surface area contributed by atoms with Crippen molar-refractivity contribution in [1.29, 1.82) is 0 Å². The first-order valence-corrected chi connectivity index (χ1v) is 18.9. The number of amides is 1. The number of aryl methyl sites for hydroxylation is 1. The smallest absolute Gasteiger partial charge is 0.367 e. The minimum absolute atomic E-state index is 0.00156. The molecular weight excluding hydrogens is 706 g/mol. The summed E-state index contributed by atoms with van der Waals surface area (Å²) in [5, 5.41) is 17.9. The van der Waals surface area contributed by atoms with Crippen LogP contribution in [-0.4, -0.2) is 60.1 Å². The minimum atomic E-state index is -3.69. The maximum Gasteiger partial charge on any atom is 0.367 e. The molecule has 3 N–H and O–H groups in total. The second-order valence-electron chi connectivity index (χ2n) is 13.2. The van der Waals surface area contributed by atoms with Crippen molar-refractivity contribution in [2.75, 3.05) is 38.6 Å². The van der Waals surface area contributed by atoms with Crippen LogP contribution < -0.4 is 16.0 Å². The summed E-state index contributed by atoms with van der Waals surface area (Å²) >= 11 is 0. The molecule has 0 saturated carbocycles. The van der Waals surface area contributed by atoms with Gasteiger partial charge in [-0.1, -0.05) is 6.92 Å². The number of halogens is 1. The van der Waals surface area contributed by atoms with Crippen molar-refractivity contribution in [2.24, 2.45) is 0 Å². The van der Waals surface area contributed by atoms with Gasteiger partial charge in [-0.25, -0.2) is 14.2 Å². The van der Waals surface area contributed by atoms with E-state index in [0.717, 1.165) is 16.5 Å². The zero-order valence-electron chi connectivity index (χ0n) is 29.4. The lowest BCUT2D eigenvalue weighted by Crippen LogP contribution is -2.44. The summed E-state index contributed by atoms with van der Waals surface area (Å²) < 4.78 is 50.7. The van der Waals surface area contributed by atoms with E-state index in [4.69, 9.17) is 30.1 Å². The Morgan fingerprint density at radius 1 is 1.17 bits per heavy atom. The molecule has 7 rings (SSSR count). The Kier molecular flexibility index (Phi) is 9.74. The van der Waals surface area contributed by atoms with Crippen LogP contribution in [0.15, 0.2) is 41.2 Å². The maximum absolute atomic E-state index is 15.3. The molecule has 0 spiro atoms. The topological polar surface area (TPSA) is 167 Å². The number of aromatic nitrogens is 2. The normalized spacial score (nSPS) is 19.4. The van der Waals surface area contributed by atoms with Crippen molar-refractivity contribution in [3.05, 3.63) is 91.5 Å². The molecule has 0 saturated heterocycles. The zero-order valence-corrected chi connectivity index (χ0v) is 30.3. The van der Waals surface area contributed by atoms with Crippen molar-refractivity contribution in [3.63, 3.8) is 0 Å². The van der Waals surface area contributed by atoms with Crippen LogP contribution in [-0.2, 0) is 53.3 Å². The van der Waals surface area contributed by atoms with Gasteiger partial charge in [0, 0.05) is 46.6 Å². The molecular formula is C38H38FN4O9P. The fraction of sp³-hybridized carbons (Fsp3) is 0.368. The van der Waals surface area contributed by atoms with E-state index in [-0.39, 0.29) is 49.8 Å². The molecule has 13 nitrogen and oxygen atoms in total. The lowest BCUT2D eigenvalue weighted by atomic mass is 9.81. The van der Waals surface area contributed by atoms with E-state index in [0.29, 0.717) is 65.3 Å². The van der Waals surface area contributed by atoms with Crippen LogP contribution in [0.2, 0.25) is 0 Å². The molecule has 3 aliphatic rings. The van der Waals surface area contributed by atoms with Gasteiger partial charge < -0.3 is 38.8 Å². The highest BCUT2D eigenvalue weighted by Crippen LogP contribution is 2.47. The molecule has 0 bridgehead atoms. The molecule has 4 aromatic rings. The highest BCUT2D eigenvalue weighted by Gasteiger charge is 2.46. The number of cyclic esters (lactones) is 1. The number of methoxy groups -OCH3 is 1. The van der Waals surface area contributed by atoms with Gasteiger partial charge in [0.2, 0.25) is 0 Å². The summed E-state index contributed by atoms with van der Waals surface area (Å²) in [5.74, 6) is -1.64. The number of carbonyl (C=O) groups excluding carboxylic acids is 2. The largest absolute Gasteiger partial charge is 0.458 e. The van der Waals surface area contributed by atoms with Crippen molar-refractivity contribution in [1.82, 2.24) is 14.9 Å². The van der Waals surface area contributed by atoms with Gasteiger partial charge in [-0.3, -0.25) is 14.2 Å². The number of pyridine rings is 2. The number of carbonyl (C=O) groups is 2. The van der Waals surface area contributed by atoms with Crippen LogP contribution in [0.3, 0.4) is 0 Å². The summed E-state index contributed by atoms with van der Waals surface area (Å²) in [6.07, 6.45) is 6.43. The van der Waals surface area contributed by atoms with E-state index in [1.807, 2.05) is 0 Å². The van der Waals surface area contributed by atoms with E-state index in [1.54, 1.807) is 51.3 Å². The van der Waals surface area contributed by atoms with E-state index < -0.39 is 36.5 Å². The average Bonchev–Trinajstić information content (AvgIpc) is 3.53. The predicted octanol–water partition coefficient (Wildman–Crippen LogP) is 4.82. The number of nitrogens with one attached hydrogen (secondary N) is 2. The number of ether oxygens (including phenoxy) is 3. The lowest BCUT2D eigenvalue weighted by molar-refractivity contribution is -0.172. The molecule has 1 aliphatic carbocycles. The molecule has 2 aromatic heterocycles. The summed E-state index contributed by atoms with van der Waals surface area (Å²) in [5.41, 5.74) is 4.69. The highest BCUT2D eigenvalue weighted by atomic mass is 31.2. The van der Waals surface area contributed by atoms with Crippen LogP contribution >= 0.6 is 7.52 Å². The van der Waals surface area contributed by atoms with Gasteiger partial charge >= 0.3 is 13.5 Å². The van der Waals surface area contributed by atoms with Crippen molar-refractivity contribution >= 4 is 36.0 Å². The van der Waals surface area contributed by atoms with Crippen molar-refractivity contribution in [2.45, 2.75) is 57.9 Å². The fourth-order valence-electron chi connectivity index (χ4n) is 7.38. The lowest BCUT2D eigenvalue weighted by Gasteiger charge is -2.31. The van der Waals surface area contributed by atoms with Gasteiger partial charge in [0.1, 0.15) is 12.4 Å². The van der Waals surface area contributed by atoms with E-state index in [9.17, 15) is 24.1 Å². The Morgan fingerprint density at radius 2 is 1.92 bits per heavy atom. The second-order valence-corrected chi connectivity index (χ2v) is 15.0. The molecule has 53 heavy (non-hydrogen) atoms. The third-order valence-electron chi connectivity index (χ3n) is 10.2. The molecule has 2 aromatic carbocycles. The van der Waals surface area contributed by atoms with Gasteiger partial charge in [-0.15, -0.1) is 6.42 Å². The second kappa shape index (κ2) is 14.2. The third-order valence-corrected chi connectivity index (χ3v) is 11.6. The van der Waals surface area contributed by atoms with Gasteiger partial charge in [-0.2, -0.15) is 0 Å². The number of nitrogens with zero attached hydrogens (tertiary/aromatic N) is 2. The number of anilines is 1. The molecule has 276 valence electrons. The number of fused-ring (bicyclic) bond motifs is 5. The molecule has 3 unspecified atom stereocenters. The molecule has 15 heteroatoms. The first-order chi connectivity index (χ1) is 25.4. The monoisotopic (exact) mass is 744 g/mol. The Labute approximate surface area is 304 Å². The molecule has 4 heterocycles. The fourth-order valence-corrected chi connectivity index (χ4v) is 8.40. The quantitative estimate of drug-likeness (QED) is 0.0694. The number of esters is 1. The maximum atomic E-state index is 15.3. The summed E-state index contributed by atoms with van der Waals surface area (Å²) in [6.45, 7) is 4.13. The van der Waals surface area contributed by atoms with Crippen LogP contribution in [0.1, 0.15) is 69.5 Å². The number of benzene rings is 2. The van der Waals surface area contributed by atoms with Gasteiger partial charge in [-0.05, 0) is 73.2 Å². The number of hydrogen-bond donors (Lipinski definition) is 3. The van der Waals surface area contributed by atoms with E-state index >= 15 is 4.39 Å². The third kappa shape index (κ3) is 6.32. The van der Waals surface area contributed by atoms with E-state index in [1.165, 1.54) is 10.6 Å². The molecule has 1 amide bonds. The SMILES string of the molecule is C#CP(=O)(Nc1ccc(C(=O)NC2CCc3c(C)c(F)cc4nc5c(c2c34)Cn2c-5cc3c(c2=O)COC(=O)C3(O)CC)cc1)OCCOCCOC. The summed E-state index contributed by atoms with van der Waals surface area (Å²) in [7, 11) is -2.14. The van der Waals surface area contributed by atoms with Gasteiger partial charge in [0.15, 0.2) is 5.60 Å². The molecule has 2 aliphatic heterocycles. The van der Waals surface area contributed by atoms with Crippen molar-refractivity contribution in [3.8, 4) is 23.5 Å². The van der Waals surface area contributed by atoms with Crippen LogP contribution in [0, 0.1) is 24.8 Å². The number of aliphatic hydroxyl groups is 1. The Hall–Kier alpha value is -4.90. The number of hydrogen-bond acceptors (Lipinski definition) is 10.